The fraction of sp³-hybridized carbons (Fsp3) is 0.500. The Hall–Kier alpha value is -1.65. The first-order valence-corrected chi connectivity index (χ1v) is 4.98. The monoisotopic (exact) mass is 209 g/mol. The van der Waals surface area contributed by atoms with Gasteiger partial charge in [0, 0.05) is 25.5 Å². The van der Waals surface area contributed by atoms with Crippen LogP contribution in [-0.2, 0) is 0 Å². The Morgan fingerprint density at radius 2 is 1.73 bits per heavy atom. The average molecular weight is 209 g/mol. The molecule has 5 nitrogen and oxygen atoms in total. The number of piperidine rings is 1. The normalized spacial score (nSPS) is 15.1. The van der Waals surface area contributed by atoms with Crippen molar-refractivity contribution in [3.8, 4) is 0 Å². The van der Waals surface area contributed by atoms with Gasteiger partial charge in [0.15, 0.2) is 0 Å². The minimum Gasteiger partial charge on any atom is -0.465 e. The minimum absolute atomic E-state index is 0.731. The van der Waals surface area contributed by atoms with Gasteiger partial charge in [0.1, 0.15) is 6.33 Å². The molecule has 0 radical (unpaired) electrons. The molecule has 0 saturated carbocycles. The zero-order chi connectivity index (χ0) is 10.9. The Kier molecular flexibility index (Phi) is 5.14. The van der Waals surface area contributed by atoms with Gasteiger partial charge in [-0.15, -0.1) is 0 Å². The average Bonchev–Trinajstić information content (AvgIpc) is 2.33. The van der Waals surface area contributed by atoms with Crippen molar-refractivity contribution in [2.75, 3.05) is 13.1 Å². The van der Waals surface area contributed by atoms with Crippen molar-refractivity contribution >= 4 is 6.09 Å². The second-order valence-corrected chi connectivity index (χ2v) is 3.23. The summed E-state index contributed by atoms with van der Waals surface area (Å²) in [5.41, 5.74) is 0. The molecule has 1 fully saturated rings. The van der Waals surface area contributed by atoms with Crippen LogP contribution in [0.3, 0.4) is 0 Å². The molecule has 1 N–H and O–H groups in total. The maximum Gasteiger partial charge on any atom is 0.407 e. The number of hydrogen-bond donors (Lipinski definition) is 1. The number of aromatic nitrogens is 2. The van der Waals surface area contributed by atoms with E-state index >= 15 is 0 Å². The van der Waals surface area contributed by atoms with E-state index in [1.807, 2.05) is 0 Å². The van der Waals surface area contributed by atoms with E-state index < -0.39 is 6.09 Å². The number of amides is 1. The van der Waals surface area contributed by atoms with Crippen LogP contribution in [0.15, 0.2) is 24.8 Å². The highest BCUT2D eigenvalue weighted by molar-refractivity contribution is 5.64. The van der Waals surface area contributed by atoms with Gasteiger partial charge < -0.3 is 10.0 Å². The van der Waals surface area contributed by atoms with Crippen LogP contribution in [0.5, 0.6) is 0 Å². The highest BCUT2D eigenvalue weighted by atomic mass is 16.4. The molecular formula is C10H15N3O2. The Morgan fingerprint density at radius 3 is 2.00 bits per heavy atom. The standard InChI is InChI=1S/C6H11NO2.C4H4N2/c8-6(9)7-4-2-1-3-5-7;1-2-5-4-6-3-1/h1-5H2,(H,8,9);1-4H. The van der Waals surface area contributed by atoms with Crippen molar-refractivity contribution in [2.45, 2.75) is 19.3 Å². The molecule has 5 heteroatoms. The summed E-state index contributed by atoms with van der Waals surface area (Å²) >= 11 is 0. The highest BCUT2D eigenvalue weighted by Crippen LogP contribution is 2.07. The largest absolute Gasteiger partial charge is 0.465 e. The molecule has 1 aliphatic rings. The van der Waals surface area contributed by atoms with Gasteiger partial charge in [-0.25, -0.2) is 14.8 Å². The number of carbonyl (C=O) groups is 1. The van der Waals surface area contributed by atoms with Crippen molar-refractivity contribution in [3.63, 3.8) is 0 Å². The fourth-order valence-corrected chi connectivity index (χ4v) is 1.34. The number of hydrogen-bond acceptors (Lipinski definition) is 3. The molecule has 1 saturated heterocycles. The van der Waals surface area contributed by atoms with E-state index in [9.17, 15) is 4.79 Å². The second-order valence-electron chi connectivity index (χ2n) is 3.23. The molecule has 1 aromatic heterocycles. The first-order chi connectivity index (χ1) is 7.30. The van der Waals surface area contributed by atoms with Crippen LogP contribution in [0.2, 0.25) is 0 Å². The van der Waals surface area contributed by atoms with E-state index in [4.69, 9.17) is 5.11 Å². The zero-order valence-electron chi connectivity index (χ0n) is 8.54. The molecule has 0 unspecified atom stereocenters. The first-order valence-electron chi connectivity index (χ1n) is 4.98. The molecule has 82 valence electrons. The van der Waals surface area contributed by atoms with Crippen LogP contribution < -0.4 is 0 Å². The summed E-state index contributed by atoms with van der Waals surface area (Å²) in [4.78, 5) is 19.1. The SMILES string of the molecule is O=C(O)N1CCCCC1.c1cncnc1. The lowest BCUT2D eigenvalue weighted by Gasteiger charge is -2.22. The maximum atomic E-state index is 10.3. The summed E-state index contributed by atoms with van der Waals surface area (Å²) in [5.74, 6) is 0. The molecule has 1 aliphatic heterocycles. The van der Waals surface area contributed by atoms with E-state index in [0.29, 0.717) is 0 Å². The Labute approximate surface area is 88.8 Å². The lowest BCUT2D eigenvalue weighted by atomic mass is 10.1. The predicted molar refractivity (Wildman–Crippen MR) is 55.5 cm³/mol. The van der Waals surface area contributed by atoms with Crippen LogP contribution in [-0.4, -0.2) is 39.2 Å². The van der Waals surface area contributed by atoms with Crippen molar-refractivity contribution in [2.24, 2.45) is 0 Å². The molecule has 1 aromatic rings. The van der Waals surface area contributed by atoms with Gasteiger partial charge in [-0.3, -0.25) is 0 Å². The third-order valence-electron chi connectivity index (χ3n) is 2.10. The predicted octanol–water partition coefficient (Wildman–Crippen LogP) is 1.63. The van der Waals surface area contributed by atoms with E-state index in [-0.39, 0.29) is 0 Å². The van der Waals surface area contributed by atoms with Gasteiger partial charge in [0.2, 0.25) is 0 Å². The zero-order valence-corrected chi connectivity index (χ0v) is 8.54. The first kappa shape index (κ1) is 11.4. The van der Waals surface area contributed by atoms with Crippen LogP contribution in [0, 0.1) is 0 Å². The van der Waals surface area contributed by atoms with Gasteiger partial charge in [-0.05, 0) is 25.3 Å². The lowest BCUT2D eigenvalue weighted by Crippen LogP contribution is -2.34. The summed E-state index contributed by atoms with van der Waals surface area (Å²) in [6, 6.07) is 1.78. The van der Waals surface area contributed by atoms with E-state index in [1.54, 1.807) is 18.5 Å². The molecule has 0 bridgehead atoms. The minimum atomic E-state index is -0.769. The van der Waals surface area contributed by atoms with Gasteiger partial charge in [-0.1, -0.05) is 0 Å². The molecular weight excluding hydrogens is 194 g/mol. The van der Waals surface area contributed by atoms with Gasteiger partial charge >= 0.3 is 6.09 Å². The van der Waals surface area contributed by atoms with Gasteiger partial charge in [-0.2, -0.15) is 0 Å². The molecule has 0 atom stereocenters. The lowest BCUT2D eigenvalue weighted by molar-refractivity contribution is 0.136. The number of rotatable bonds is 0. The number of nitrogens with zero attached hydrogens (tertiary/aromatic N) is 3. The fourth-order valence-electron chi connectivity index (χ4n) is 1.34. The third-order valence-corrected chi connectivity index (χ3v) is 2.10. The van der Waals surface area contributed by atoms with Crippen LogP contribution in [0.25, 0.3) is 0 Å². The molecule has 2 heterocycles. The van der Waals surface area contributed by atoms with Crippen LogP contribution in [0.4, 0.5) is 4.79 Å². The maximum absolute atomic E-state index is 10.3. The Bertz CT molecular complexity index is 247. The number of carboxylic acid groups (broad SMARTS) is 1. The summed E-state index contributed by atoms with van der Waals surface area (Å²) in [6.07, 6.45) is 7.36. The highest BCUT2D eigenvalue weighted by Gasteiger charge is 2.13. The Balaban J connectivity index is 0.000000162. The van der Waals surface area contributed by atoms with Crippen molar-refractivity contribution < 1.29 is 9.90 Å². The van der Waals surface area contributed by atoms with Crippen molar-refractivity contribution in [3.05, 3.63) is 24.8 Å². The topological polar surface area (TPSA) is 66.3 Å². The van der Waals surface area contributed by atoms with Crippen LogP contribution >= 0.6 is 0 Å². The molecule has 0 spiro atoms. The van der Waals surface area contributed by atoms with Crippen molar-refractivity contribution in [1.29, 1.82) is 0 Å². The van der Waals surface area contributed by atoms with Gasteiger partial charge in [0.05, 0.1) is 0 Å². The van der Waals surface area contributed by atoms with Crippen molar-refractivity contribution in [1.82, 2.24) is 14.9 Å². The molecule has 0 aliphatic carbocycles. The smallest absolute Gasteiger partial charge is 0.407 e. The summed E-state index contributed by atoms with van der Waals surface area (Å²) < 4.78 is 0. The summed E-state index contributed by atoms with van der Waals surface area (Å²) in [5, 5.41) is 8.46. The van der Waals surface area contributed by atoms with Gasteiger partial charge in [0.25, 0.3) is 0 Å². The summed E-state index contributed by atoms with van der Waals surface area (Å²) in [7, 11) is 0. The third kappa shape index (κ3) is 4.95. The molecule has 1 amide bonds. The Morgan fingerprint density at radius 1 is 1.13 bits per heavy atom. The quantitative estimate of drug-likeness (QED) is 0.705. The van der Waals surface area contributed by atoms with E-state index in [2.05, 4.69) is 9.97 Å². The molecule has 0 aromatic carbocycles. The number of likely N-dealkylation sites (tertiary alicyclic amines) is 1. The second kappa shape index (κ2) is 6.75. The molecule has 15 heavy (non-hydrogen) atoms. The van der Waals surface area contributed by atoms with E-state index in [1.165, 1.54) is 17.6 Å². The van der Waals surface area contributed by atoms with E-state index in [0.717, 1.165) is 25.9 Å². The molecule has 2 rings (SSSR count). The van der Waals surface area contributed by atoms with Crippen LogP contribution in [0.1, 0.15) is 19.3 Å². The summed E-state index contributed by atoms with van der Waals surface area (Å²) in [6.45, 7) is 1.46.